The summed E-state index contributed by atoms with van der Waals surface area (Å²) in [6.07, 6.45) is 0. The molecule has 1 aliphatic heterocycles. The molecule has 0 bridgehead atoms. The Bertz CT molecular complexity index is 1480. The first kappa shape index (κ1) is 22.8. The smallest absolute Gasteiger partial charge is 0.322 e. The molecule has 0 unspecified atom stereocenters. The Labute approximate surface area is 207 Å². The number of carbonyl (C=O) groups is 1. The molecule has 2 heterocycles. The predicted molar refractivity (Wildman–Crippen MR) is 136 cm³/mol. The first-order valence-corrected chi connectivity index (χ1v) is 11.6. The summed E-state index contributed by atoms with van der Waals surface area (Å²) in [6, 6.07) is 17.9. The molecule has 0 atom stereocenters. The SMILES string of the molecule is Cc1cc2cc(CN(Cc3ccc4c(c3)OCO4)C(=O)Nc3ccc(Cl)cc3)c(=O)[nH]c2cc1C. The van der Waals surface area contributed by atoms with E-state index in [4.69, 9.17) is 21.1 Å². The molecule has 1 aliphatic rings. The van der Waals surface area contributed by atoms with E-state index in [9.17, 15) is 9.59 Å². The van der Waals surface area contributed by atoms with Gasteiger partial charge in [0.1, 0.15) is 0 Å². The third kappa shape index (κ3) is 4.95. The quantitative estimate of drug-likeness (QED) is 0.373. The highest BCUT2D eigenvalue weighted by molar-refractivity contribution is 6.30. The lowest BCUT2D eigenvalue weighted by molar-refractivity contribution is 0.174. The van der Waals surface area contributed by atoms with E-state index < -0.39 is 0 Å². The molecule has 178 valence electrons. The van der Waals surface area contributed by atoms with Gasteiger partial charge in [-0.15, -0.1) is 0 Å². The average molecular weight is 490 g/mol. The molecule has 7 nitrogen and oxygen atoms in total. The van der Waals surface area contributed by atoms with Crippen molar-refractivity contribution in [2.75, 3.05) is 12.1 Å². The second-order valence-corrected chi connectivity index (χ2v) is 9.06. The lowest BCUT2D eigenvalue weighted by Gasteiger charge is -2.23. The number of halogens is 1. The molecule has 1 aromatic heterocycles. The Hall–Kier alpha value is -3.97. The maximum Gasteiger partial charge on any atom is 0.322 e. The second kappa shape index (κ2) is 9.35. The van der Waals surface area contributed by atoms with E-state index in [-0.39, 0.29) is 31.5 Å². The maximum absolute atomic E-state index is 13.3. The molecule has 0 saturated heterocycles. The van der Waals surface area contributed by atoms with Crippen molar-refractivity contribution in [1.29, 1.82) is 0 Å². The van der Waals surface area contributed by atoms with Crippen molar-refractivity contribution < 1.29 is 14.3 Å². The number of anilines is 1. The van der Waals surface area contributed by atoms with Gasteiger partial charge in [0.25, 0.3) is 5.56 Å². The number of hydrogen-bond acceptors (Lipinski definition) is 4. The summed E-state index contributed by atoms with van der Waals surface area (Å²) in [5.74, 6) is 1.30. The fourth-order valence-electron chi connectivity index (χ4n) is 4.04. The highest BCUT2D eigenvalue weighted by Gasteiger charge is 2.20. The van der Waals surface area contributed by atoms with E-state index in [1.165, 1.54) is 0 Å². The van der Waals surface area contributed by atoms with Gasteiger partial charge >= 0.3 is 6.03 Å². The van der Waals surface area contributed by atoms with Gasteiger partial charge in [-0.3, -0.25) is 4.79 Å². The molecule has 0 aliphatic carbocycles. The van der Waals surface area contributed by atoms with Crippen LogP contribution in [0.2, 0.25) is 5.02 Å². The zero-order valence-electron chi connectivity index (χ0n) is 19.4. The largest absolute Gasteiger partial charge is 0.454 e. The van der Waals surface area contributed by atoms with Crippen LogP contribution in [-0.4, -0.2) is 22.7 Å². The van der Waals surface area contributed by atoms with E-state index >= 15 is 0 Å². The summed E-state index contributed by atoms with van der Waals surface area (Å²) in [6.45, 7) is 4.59. The van der Waals surface area contributed by atoms with Gasteiger partial charge in [0.15, 0.2) is 11.5 Å². The highest BCUT2D eigenvalue weighted by atomic mass is 35.5. The molecule has 0 saturated carbocycles. The van der Waals surface area contributed by atoms with E-state index in [2.05, 4.69) is 10.3 Å². The van der Waals surface area contributed by atoms with Gasteiger partial charge in [-0.2, -0.15) is 0 Å². The zero-order valence-corrected chi connectivity index (χ0v) is 20.1. The van der Waals surface area contributed by atoms with Crippen LogP contribution in [0.4, 0.5) is 10.5 Å². The molecule has 35 heavy (non-hydrogen) atoms. The fourth-order valence-corrected chi connectivity index (χ4v) is 4.17. The molecular weight excluding hydrogens is 466 g/mol. The highest BCUT2D eigenvalue weighted by Crippen LogP contribution is 2.33. The van der Waals surface area contributed by atoms with Crippen molar-refractivity contribution >= 4 is 34.2 Å². The number of nitrogens with one attached hydrogen (secondary N) is 2. The van der Waals surface area contributed by atoms with E-state index in [1.54, 1.807) is 29.2 Å². The monoisotopic (exact) mass is 489 g/mol. The Morgan fingerprint density at radius 2 is 1.71 bits per heavy atom. The number of carbonyl (C=O) groups excluding carboxylic acids is 1. The van der Waals surface area contributed by atoms with Gasteiger partial charge in [0, 0.05) is 28.3 Å². The number of ether oxygens (including phenoxy) is 2. The van der Waals surface area contributed by atoms with Crippen molar-refractivity contribution in [3.05, 3.63) is 98.3 Å². The molecule has 0 radical (unpaired) electrons. The lowest BCUT2D eigenvalue weighted by Crippen LogP contribution is -2.35. The van der Waals surface area contributed by atoms with Crippen molar-refractivity contribution in [3.8, 4) is 11.5 Å². The Morgan fingerprint density at radius 1 is 0.971 bits per heavy atom. The number of benzene rings is 3. The minimum absolute atomic E-state index is 0.117. The van der Waals surface area contributed by atoms with Crippen LogP contribution in [0.15, 0.2) is 65.5 Å². The minimum Gasteiger partial charge on any atom is -0.454 e. The van der Waals surface area contributed by atoms with Crippen LogP contribution >= 0.6 is 11.6 Å². The van der Waals surface area contributed by atoms with Crippen molar-refractivity contribution in [3.63, 3.8) is 0 Å². The average Bonchev–Trinajstić information content (AvgIpc) is 3.30. The van der Waals surface area contributed by atoms with Crippen LogP contribution in [0.3, 0.4) is 0 Å². The van der Waals surface area contributed by atoms with E-state index in [1.807, 2.05) is 50.2 Å². The van der Waals surface area contributed by atoms with Gasteiger partial charge < -0.3 is 24.7 Å². The van der Waals surface area contributed by atoms with Gasteiger partial charge in [-0.05, 0) is 90.5 Å². The third-order valence-corrected chi connectivity index (χ3v) is 6.34. The Kier molecular flexibility index (Phi) is 6.09. The van der Waals surface area contributed by atoms with E-state index in [0.29, 0.717) is 27.8 Å². The molecule has 3 aromatic carbocycles. The first-order valence-electron chi connectivity index (χ1n) is 11.2. The normalized spacial score (nSPS) is 12.1. The van der Waals surface area contributed by atoms with Gasteiger partial charge in [0.05, 0.1) is 6.54 Å². The topological polar surface area (TPSA) is 83.7 Å². The van der Waals surface area contributed by atoms with Crippen LogP contribution in [0, 0.1) is 13.8 Å². The van der Waals surface area contributed by atoms with Crippen LogP contribution < -0.4 is 20.3 Å². The number of aryl methyl sites for hydroxylation is 2. The fraction of sp³-hybridized carbons (Fsp3) is 0.185. The summed E-state index contributed by atoms with van der Waals surface area (Å²) in [4.78, 5) is 30.8. The maximum atomic E-state index is 13.3. The van der Waals surface area contributed by atoms with Crippen LogP contribution in [0.25, 0.3) is 10.9 Å². The minimum atomic E-state index is -0.343. The number of nitrogens with zero attached hydrogens (tertiary/aromatic N) is 1. The Balaban J connectivity index is 1.47. The summed E-state index contributed by atoms with van der Waals surface area (Å²) in [5.41, 5.74) is 4.73. The molecule has 0 fully saturated rings. The van der Waals surface area contributed by atoms with Crippen LogP contribution in [0.5, 0.6) is 11.5 Å². The molecule has 2 N–H and O–H groups in total. The van der Waals surface area contributed by atoms with Gasteiger partial charge in [0.2, 0.25) is 6.79 Å². The molecule has 8 heteroatoms. The molecule has 5 rings (SSSR count). The number of aromatic nitrogens is 1. The van der Waals surface area contributed by atoms with Crippen LogP contribution in [-0.2, 0) is 13.1 Å². The van der Waals surface area contributed by atoms with Crippen molar-refractivity contribution in [2.24, 2.45) is 0 Å². The summed E-state index contributed by atoms with van der Waals surface area (Å²) < 4.78 is 10.9. The Morgan fingerprint density at radius 3 is 2.51 bits per heavy atom. The molecular formula is C27H24ClN3O4. The van der Waals surface area contributed by atoms with E-state index in [0.717, 1.165) is 27.6 Å². The lowest BCUT2D eigenvalue weighted by atomic mass is 10.0. The number of hydrogen-bond donors (Lipinski definition) is 2. The van der Waals surface area contributed by atoms with Gasteiger partial charge in [-0.25, -0.2) is 4.79 Å². The molecule has 4 aromatic rings. The molecule has 2 amide bonds. The zero-order chi connectivity index (χ0) is 24.5. The van der Waals surface area contributed by atoms with Gasteiger partial charge in [-0.1, -0.05) is 17.7 Å². The predicted octanol–water partition coefficient (Wildman–Crippen LogP) is 5.76. The third-order valence-electron chi connectivity index (χ3n) is 6.09. The van der Waals surface area contributed by atoms with Crippen LogP contribution in [0.1, 0.15) is 22.3 Å². The van der Waals surface area contributed by atoms with Crippen molar-refractivity contribution in [1.82, 2.24) is 9.88 Å². The number of pyridine rings is 1. The number of H-pyrrole nitrogens is 1. The second-order valence-electron chi connectivity index (χ2n) is 8.63. The molecule has 0 spiro atoms. The summed E-state index contributed by atoms with van der Waals surface area (Å²) in [5, 5.41) is 4.39. The number of amides is 2. The summed E-state index contributed by atoms with van der Waals surface area (Å²) >= 11 is 5.97. The number of fused-ring (bicyclic) bond motifs is 2. The number of urea groups is 1. The number of rotatable bonds is 5. The van der Waals surface area contributed by atoms with Crippen molar-refractivity contribution in [2.45, 2.75) is 26.9 Å². The first-order chi connectivity index (χ1) is 16.9. The summed E-state index contributed by atoms with van der Waals surface area (Å²) in [7, 11) is 0. The standard InChI is InChI=1S/C27H24ClN3O4/c1-16-9-19-12-20(26(32)30-23(19)10-17(16)2)14-31(27(33)29-22-6-4-21(28)5-7-22)13-18-3-8-24-25(11-18)35-15-34-24/h3-12H,13-15H2,1-2H3,(H,29,33)(H,30,32). The number of aromatic amines is 1.